The van der Waals surface area contributed by atoms with Gasteiger partial charge in [-0.25, -0.2) is 0 Å². The van der Waals surface area contributed by atoms with Crippen LogP contribution in [0.15, 0.2) is 24.3 Å². The van der Waals surface area contributed by atoms with Crippen molar-refractivity contribution in [2.45, 2.75) is 38.3 Å². The predicted octanol–water partition coefficient (Wildman–Crippen LogP) is 1.46. The topological polar surface area (TPSA) is 69.6 Å². The molecule has 1 fully saturated rings. The normalized spacial score (nSPS) is 23.1. The minimum atomic E-state index is -0.102. The van der Waals surface area contributed by atoms with E-state index in [-0.39, 0.29) is 31.1 Å². The van der Waals surface area contributed by atoms with Crippen LogP contribution in [0.5, 0.6) is 0 Å². The molecule has 0 saturated heterocycles. The standard InChI is InChI=1S/C15H21NO3/c17-9-11-5-7-12(8-6-11)15(19)16-14-4-2-1-3-13(14)10-18/h5-8,13-14,17-18H,1-4,9-10H2,(H,16,19). The number of aliphatic hydroxyl groups excluding tert-OH is 2. The first-order chi connectivity index (χ1) is 9.24. The van der Waals surface area contributed by atoms with Crippen molar-refractivity contribution in [3.63, 3.8) is 0 Å². The number of hydrogen-bond acceptors (Lipinski definition) is 3. The molecule has 0 heterocycles. The highest BCUT2D eigenvalue weighted by Gasteiger charge is 2.25. The van der Waals surface area contributed by atoms with Crippen LogP contribution in [0.3, 0.4) is 0 Å². The molecule has 0 bridgehead atoms. The Bertz CT molecular complexity index is 416. The molecule has 2 rings (SSSR count). The molecule has 4 heteroatoms. The average Bonchev–Trinajstić information content (AvgIpc) is 2.48. The summed E-state index contributed by atoms with van der Waals surface area (Å²) in [5, 5.41) is 21.3. The number of nitrogens with one attached hydrogen (secondary N) is 1. The van der Waals surface area contributed by atoms with Crippen molar-refractivity contribution < 1.29 is 15.0 Å². The summed E-state index contributed by atoms with van der Waals surface area (Å²) in [6.07, 6.45) is 4.14. The van der Waals surface area contributed by atoms with Crippen LogP contribution in [0.4, 0.5) is 0 Å². The zero-order chi connectivity index (χ0) is 13.7. The zero-order valence-corrected chi connectivity index (χ0v) is 11.0. The molecule has 2 atom stereocenters. The monoisotopic (exact) mass is 263 g/mol. The molecule has 1 aromatic rings. The first-order valence-electron chi connectivity index (χ1n) is 6.86. The van der Waals surface area contributed by atoms with Gasteiger partial charge in [0, 0.05) is 24.1 Å². The van der Waals surface area contributed by atoms with E-state index in [2.05, 4.69) is 5.32 Å². The van der Waals surface area contributed by atoms with E-state index in [9.17, 15) is 9.90 Å². The second-order valence-electron chi connectivity index (χ2n) is 5.16. The molecule has 1 aliphatic rings. The molecule has 2 unspecified atom stereocenters. The van der Waals surface area contributed by atoms with Crippen molar-refractivity contribution in [3.05, 3.63) is 35.4 Å². The first kappa shape index (κ1) is 14.0. The number of carbonyl (C=O) groups is 1. The van der Waals surface area contributed by atoms with Gasteiger partial charge >= 0.3 is 0 Å². The fourth-order valence-electron chi connectivity index (χ4n) is 2.63. The van der Waals surface area contributed by atoms with Crippen LogP contribution in [-0.2, 0) is 6.61 Å². The minimum Gasteiger partial charge on any atom is -0.396 e. The lowest BCUT2D eigenvalue weighted by Crippen LogP contribution is -2.43. The summed E-state index contributed by atoms with van der Waals surface area (Å²) in [4.78, 5) is 12.1. The van der Waals surface area contributed by atoms with Gasteiger partial charge in [-0.05, 0) is 30.5 Å². The molecule has 104 valence electrons. The lowest BCUT2D eigenvalue weighted by molar-refractivity contribution is 0.0872. The van der Waals surface area contributed by atoms with Crippen molar-refractivity contribution in [1.82, 2.24) is 5.32 Å². The van der Waals surface area contributed by atoms with Crippen molar-refractivity contribution in [2.75, 3.05) is 6.61 Å². The van der Waals surface area contributed by atoms with Crippen molar-refractivity contribution in [3.8, 4) is 0 Å². The molecule has 0 aliphatic heterocycles. The summed E-state index contributed by atoms with van der Waals surface area (Å²) < 4.78 is 0. The molecule has 19 heavy (non-hydrogen) atoms. The van der Waals surface area contributed by atoms with E-state index in [1.807, 2.05) is 0 Å². The largest absolute Gasteiger partial charge is 0.396 e. The number of carbonyl (C=O) groups excluding carboxylic acids is 1. The van der Waals surface area contributed by atoms with Crippen LogP contribution in [0.2, 0.25) is 0 Å². The summed E-state index contributed by atoms with van der Waals surface area (Å²) in [5.74, 6) is 0.0734. The Morgan fingerprint density at radius 1 is 1.16 bits per heavy atom. The van der Waals surface area contributed by atoms with E-state index in [1.165, 1.54) is 0 Å². The quantitative estimate of drug-likeness (QED) is 0.770. The number of aliphatic hydroxyl groups is 2. The van der Waals surface area contributed by atoms with Crippen molar-refractivity contribution in [2.24, 2.45) is 5.92 Å². The minimum absolute atomic E-state index is 0.0168. The average molecular weight is 263 g/mol. The van der Waals surface area contributed by atoms with E-state index in [4.69, 9.17) is 5.11 Å². The van der Waals surface area contributed by atoms with Crippen LogP contribution in [0.25, 0.3) is 0 Å². The summed E-state index contributed by atoms with van der Waals surface area (Å²) in [6.45, 7) is 0.117. The van der Waals surface area contributed by atoms with Crippen molar-refractivity contribution >= 4 is 5.91 Å². The Morgan fingerprint density at radius 3 is 2.47 bits per heavy atom. The van der Waals surface area contributed by atoms with Gasteiger partial charge in [-0.2, -0.15) is 0 Å². The molecule has 1 saturated carbocycles. The Labute approximate surface area is 113 Å². The van der Waals surface area contributed by atoms with E-state index in [0.717, 1.165) is 31.2 Å². The summed E-state index contributed by atoms with van der Waals surface area (Å²) in [6, 6.07) is 7.01. The van der Waals surface area contributed by atoms with Gasteiger partial charge in [0.1, 0.15) is 0 Å². The highest BCUT2D eigenvalue weighted by molar-refractivity contribution is 5.94. The third-order valence-electron chi connectivity index (χ3n) is 3.86. The lowest BCUT2D eigenvalue weighted by atomic mass is 9.85. The number of amides is 1. The van der Waals surface area contributed by atoms with Crippen LogP contribution < -0.4 is 5.32 Å². The summed E-state index contributed by atoms with van der Waals surface area (Å²) in [7, 11) is 0. The number of benzene rings is 1. The van der Waals surface area contributed by atoms with Crippen LogP contribution in [0.1, 0.15) is 41.6 Å². The fraction of sp³-hybridized carbons (Fsp3) is 0.533. The maximum atomic E-state index is 12.1. The van der Waals surface area contributed by atoms with Gasteiger partial charge in [0.15, 0.2) is 0 Å². The number of rotatable bonds is 4. The third-order valence-corrected chi connectivity index (χ3v) is 3.86. The highest BCUT2D eigenvalue weighted by Crippen LogP contribution is 2.24. The Hall–Kier alpha value is -1.39. The van der Waals surface area contributed by atoms with Crippen LogP contribution in [-0.4, -0.2) is 28.8 Å². The van der Waals surface area contributed by atoms with Crippen molar-refractivity contribution in [1.29, 1.82) is 0 Å². The second-order valence-corrected chi connectivity index (χ2v) is 5.16. The molecule has 0 spiro atoms. The van der Waals surface area contributed by atoms with E-state index >= 15 is 0 Å². The van der Waals surface area contributed by atoms with E-state index < -0.39 is 0 Å². The lowest BCUT2D eigenvalue weighted by Gasteiger charge is -2.30. The van der Waals surface area contributed by atoms with E-state index in [0.29, 0.717) is 5.56 Å². The van der Waals surface area contributed by atoms with Crippen LogP contribution in [0, 0.1) is 5.92 Å². The van der Waals surface area contributed by atoms with Gasteiger partial charge in [-0.3, -0.25) is 4.79 Å². The maximum Gasteiger partial charge on any atom is 0.251 e. The Morgan fingerprint density at radius 2 is 1.84 bits per heavy atom. The molecule has 0 radical (unpaired) electrons. The summed E-state index contributed by atoms with van der Waals surface area (Å²) >= 11 is 0. The highest BCUT2D eigenvalue weighted by atomic mass is 16.3. The smallest absolute Gasteiger partial charge is 0.251 e. The van der Waals surface area contributed by atoms with Gasteiger partial charge < -0.3 is 15.5 Å². The second kappa shape index (κ2) is 6.68. The molecule has 0 aromatic heterocycles. The maximum absolute atomic E-state index is 12.1. The molecule has 1 aliphatic carbocycles. The van der Waals surface area contributed by atoms with Gasteiger partial charge in [-0.15, -0.1) is 0 Å². The molecule has 1 amide bonds. The first-order valence-corrected chi connectivity index (χ1v) is 6.86. The predicted molar refractivity (Wildman–Crippen MR) is 72.7 cm³/mol. The fourth-order valence-corrected chi connectivity index (χ4v) is 2.63. The molecule has 3 N–H and O–H groups in total. The zero-order valence-electron chi connectivity index (χ0n) is 11.0. The SMILES string of the molecule is O=C(NC1CCCCC1CO)c1ccc(CO)cc1. The van der Waals surface area contributed by atoms with E-state index in [1.54, 1.807) is 24.3 Å². The van der Waals surface area contributed by atoms with Gasteiger partial charge in [-0.1, -0.05) is 25.0 Å². The molecule has 1 aromatic carbocycles. The van der Waals surface area contributed by atoms with Gasteiger partial charge in [0.25, 0.3) is 5.91 Å². The van der Waals surface area contributed by atoms with Gasteiger partial charge in [0.05, 0.1) is 6.61 Å². The third kappa shape index (κ3) is 3.55. The number of hydrogen-bond donors (Lipinski definition) is 3. The summed E-state index contributed by atoms with van der Waals surface area (Å²) in [5.41, 5.74) is 1.39. The molecular formula is C15H21NO3. The van der Waals surface area contributed by atoms with Crippen LogP contribution >= 0.6 is 0 Å². The molecule has 4 nitrogen and oxygen atoms in total. The Balaban J connectivity index is 1.98. The molecular weight excluding hydrogens is 242 g/mol. The van der Waals surface area contributed by atoms with Gasteiger partial charge in [0.2, 0.25) is 0 Å². The Kier molecular flexibility index (Phi) is 4.93.